The van der Waals surface area contributed by atoms with Crippen molar-refractivity contribution in [3.8, 4) is 5.75 Å². The lowest BCUT2D eigenvalue weighted by Gasteiger charge is -2.27. The maximum absolute atomic E-state index is 11.4. The van der Waals surface area contributed by atoms with Gasteiger partial charge in [-0.15, -0.1) is 0 Å². The SMILES string of the molecule is CC(C)(O)C(COc1c2ccoc2cc2oc(=O)ccc12)OS(=O)(=O)O. The van der Waals surface area contributed by atoms with Gasteiger partial charge >= 0.3 is 16.0 Å². The Morgan fingerprint density at radius 3 is 2.54 bits per heavy atom. The molecule has 1 atom stereocenters. The third-order valence-corrected chi connectivity index (χ3v) is 4.19. The third-order valence-electron chi connectivity index (χ3n) is 3.71. The van der Waals surface area contributed by atoms with Crippen LogP contribution in [0.2, 0.25) is 0 Å². The molecule has 0 spiro atoms. The summed E-state index contributed by atoms with van der Waals surface area (Å²) < 4.78 is 51.6. The lowest BCUT2D eigenvalue weighted by Crippen LogP contribution is -2.43. The average molecular weight is 384 g/mol. The minimum absolute atomic E-state index is 0.213. The molecule has 0 bridgehead atoms. The Kier molecular flexibility index (Phi) is 4.53. The molecule has 0 saturated carbocycles. The minimum Gasteiger partial charge on any atom is -0.489 e. The first-order chi connectivity index (χ1) is 12.0. The molecule has 1 aromatic carbocycles. The quantitative estimate of drug-likeness (QED) is 0.482. The summed E-state index contributed by atoms with van der Waals surface area (Å²) >= 11 is 0. The number of aliphatic hydroxyl groups is 1. The van der Waals surface area contributed by atoms with Gasteiger partial charge in [-0.2, -0.15) is 8.42 Å². The van der Waals surface area contributed by atoms with E-state index < -0.39 is 34.3 Å². The predicted molar refractivity (Wildman–Crippen MR) is 90.5 cm³/mol. The third kappa shape index (κ3) is 3.88. The Balaban J connectivity index is 2.03. The van der Waals surface area contributed by atoms with Gasteiger partial charge < -0.3 is 18.7 Å². The highest BCUT2D eigenvalue weighted by atomic mass is 32.3. The van der Waals surface area contributed by atoms with Crippen LogP contribution in [-0.2, 0) is 14.6 Å². The normalized spacial score (nSPS) is 14.0. The highest BCUT2D eigenvalue weighted by Gasteiger charge is 2.33. The Hall–Kier alpha value is -2.40. The summed E-state index contributed by atoms with van der Waals surface area (Å²) in [5.74, 6) is 0.253. The Labute approximate surface area is 147 Å². The summed E-state index contributed by atoms with van der Waals surface area (Å²) in [6.45, 7) is 2.20. The summed E-state index contributed by atoms with van der Waals surface area (Å²) in [5.41, 5.74) is -1.59. The zero-order valence-corrected chi connectivity index (χ0v) is 14.6. The molecule has 0 amide bonds. The van der Waals surface area contributed by atoms with Crippen molar-refractivity contribution in [3.05, 3.63) is 40.9 Å². The molecule has 0 aliphatic rings. The molecule has 2 aromatic heterocycles. The van der Waals surface area contributed by atoms with Crippen LogP contribution < -0.4 is 10.4 Å². The van der Waals surface area contributed by atoms with Crippen molar-refractivity contribution in [2.24, 2.45) is 0 Å². The van der Waals surface area contributed by atoms with Crippen molar-refractivity contribution in [2.45, 2.75) is 25.6 Å². The van der Waals surface area contributed by atoms with E-state index in [0.717, 1.165) is 0 Å². The van der Waals surface area contributed by atoms with Crippen molar-refractivity contribution >= 4 is 32.3 Å². The molecule has 9 nitrogen and oxygen atoms in total. The molecule has 26 heavy (non-hydrogen) atoms. The van der Waals surface area contributed by atoms with Crippen LogP contribution in [0.25, 0.3) is 21.9 Å². The number of benzene rings is 1. The highest BCUT2D eigenvalue weighted by molar-refractivity contribution is 7.80. The number of fused-ring (bicyclic) bond motifs is 2. The smallest absolute Gasteiger partial charge is 0.397 e. The summed E-state index contributed by atoms with van der Waals surface area (Å²) in [7, 11) is -4.81. The molecular formula is C16H16O9S. The Morgan fingerprint density at radius 1 is 1.19 bits per heavy atom. The highest BCUT2D eigenvalue weighted by Crippen LogP contribution is 2.35. The first-order valence-electron chi connectivity index (χ1n) is 7.49. The van der Waals surface area contributed by atoms with Crippen LogP contribution in [-0.4, -0.2) is 36.4 Å². The molecule has 3 aromatic rings. The lowest BCUT2D eigenvalue weighted by molar-refractivity contribution is -0.0534. The number of ether oxygens (including phenoxy) is 1. The largest absolute Gasteiger partial charge is 0.489 e. The maximum Gasteiger partial charge on any atom is 0.397 e. The number of furan rings is 1. The van der Waals surface area contributed by atoms with Crippen molar-refractivity contribution in [1.82, 2.24) is 0 Å². The topological polar surface area (TPSA) is 136 Å². The van der Waals surface area contributed by atoms with E-state index in [1.165, 1.54) is 38.3 Å². The molecule has 2 heterocycles. The Bertz CT molecular complexity index is 1100. The van der Waals surface area contributed by atoms with E-state index in [1.807, 2.05) is 0 Å². The maximum atomic E-state index is 11.4. The molecule has 140 valence electrons. The first-order valence-corrected chi connectivity index (χ1v) is 8.86. The molecule has 10 heteroatoms. The van der Waals surface area contributed by atoms with Gasteiger partial charge in [0.25, 0.3) is 0 Å². The molecule has 1 unspecified atom stereocenters. The second kappa shape index (κ2) is 6.40. The van der Waals surface area contributed by atoms with Gasteiger partial charge in [0.05, 0.1) is 22.6 Å². The molecule has 0 saturated heterocycles. The molecule has 0 aliphatic carbocycles. The minimum atomic E-state index is -4.81. The summed E-state index contributed by atoms with van der Waals surface area (Å²) in [6.07, 6.45) is 0.0156. The van der Waals surface area contributed by atoms with Crippen LogP contribution in [0.1, 0.15) is 13.8 Å². The monoisotopic (exact) mass is 384 g/mol. The van der Waals surface area contributed by atoms with Crippen molar-refractivity contribution < 1.29 is 35.8 Å². The Morgan fingerprint density at radius 2 is 1.88 bits per heavy atom. The van der Waals surface area contributed by atoms with Gasteiger partial charge in [0, 0.05) is 12.1 Å². The van der Waals surface area contributed by atoms with Gasteiger partial charge in [-0.05, 0) is 26.0 Å². The average Bonchev–Trinajstić information content (AvgIpc) is 2.95. The zero-order valence-electron chi connectivity index (χ0n) is 13.8. The van der Waals surface area contributed by atoms with E-state index in [0.29, 0.717) is 16.4 Å². The van der Waals surface area contributed by atoms with Crippen molar-refractivity contribution in [3.63, 3.8) is 0 Å². The lowest BCUT2D eigenvalue weighted by atomic mass is 10.0. The molecule has 0 aliphatic heterocycles. The fourth-order valence-electron chi connectivity index (χ4n) is 2.42. The van der Waals surface area contributed by atoms with E-state index in [4.69, 9.17) is 18.1 Å². The second-order valence-electron chi connectivity index (χ2n) is 6.18. The fourth-order valence-corrected chi connectivity index (χ4v) is 3.01. The van der Waals surface area contributed by atoms with Crippen LogP contribution >= 0.6 is 0 Å². The standard InChI is InChI=1S/C16H16O9S/c1-16(2,18)13(25-26(19,20)21)8-23-15-9-3-4-14(17)24-12(9)7-11-10(15)5-6-22-11/h3-7,13,18H,8H2,1-2H3,(H,19,20,21). The number of rotatable bonds is 6. The van der Waals surface area contributed by atoms with Crippen LogP contribution in [0.3, 0.4) is 0 Å². The number of hydrogen-bond acceptors (Lipinski definition) is 8. The molecule has 0 fully saturated rings. The van der Waals surface area contributed by atoms with E-state index in [-0.39, 0.29) is 11.3 Å². The van der Waals surface area contributed by atoms with Crippen molar-refractivity contribution in [2.75, 3.05) is 6.61 Å². The van der Waals surface area contributed by atoms with Crippen LogP contribution in [0.4, 0.5) is 0 Å². The van der Waals surface area contributed by atoms with Crippen molar-refractivity contribution in [1.29, 1.82) is 0 Å². The van der Waals surface area contributed by atoms with Gasteiger partial charge in [0.2, 0.25) is 0 Å². The van der Waals surface area contributed by atoms with Gasteiger partial charge in [-0.3, -0.25) is 4.55 Å². The summed E-state index contributed by atoms with van der Waals surface area (Å²) in [6, 6.07) is 5.86. The van der Waals surface area contributed by atoms with E-state index >= 15 is 0 Å². The van der Waals surface area contributed by atoms with Crippen LogP contribution in [0.5, 0.6) is 5.75 Å². The van der Waals surface area contributed by atoms with E-state index in [9.17, 15) is 18.3 Å². The molecular weight excluding hydrogens is 368 g/mol. The van der Waals surface area contributed by atoms with Crippen LogP contribution in [0, 0.1) is 0 Å². The molecule has 2 N–H and O–H groups in total. The second-order valence-corrected chi connectivity index (χ2v) is 7.23. The van der Waals surface area contributed by atoms with E-state index in [2.05, 4.69) is 4.18 Å². The van der Waals surface area contributed by atoms with Gasteiger partial charge in [0.15, 0.2) is 0 Å². The van der Waals surface area contributed by atoms with E-state index in [1.54, 1.807) is 6.07 Å². The van der Waals surface area contributed by atoms with Gasteiger partial charge in [-0.25, -0.2) is 8.98 Å². The first kappa shape index (κ1) is 18.4. The summed E-state index contributed by atoms with van der Waals surface area (Å²) in [5, 5.41) is 11.1. The van der Waals surface area contributed by atoms with Gasteiger partial charge in [-0.1, -0.05) is 0 Å². The zero-order chi connectivity index (χ0) is 19.1. The number of hydrogen-bond donors (Lipinski definition) is 2. The fraction of sp³-hybridized carbons (Fsp3) is 0.312. The summed E-state index contributed by atoms with van der Waals surface area (Å²) in [4.78, 5) is 11.4. The molecule has 3 rings (SSSR count). The molecule has 0 radical (unpaired) electrons. The van der Waals surface area contributed by atoms with Crippen LogP contribution in [0.15, 0.2) is 44.2 Å². The predicted octanol–water partition coefficient (Wildman–Crippen LogP) is 1.88. The van der Waals surface area contributed by atoms with Gasteiger partial charge in [0.1, 0.15) is 29.6 Å².